The molecule has 4 rings (SSSR count). The number of rotatable bonds is 6. The van der Waals surface area contributed by atoms with Crippen LogP contribution in [-0.2, 0) is 4.79 Å². The molecule has 0 saturated carbocycles. The number of allylic oxidation sites excluding steroid dienone is 1. The molecule has 28 heavy (non-hydrogen) atoms. The third-order valence-electron chi connectivity index (χ3n) is 5.54. The fourth-order valence-electron chi connectivity index (χ4n) is 3.93. The van der Waals surface area contributed by atoms with Gasteiger partial charge in [0.15, 0.2) is 0 Å². The van der Waals surface area contributed by atoms with Crippen molar-refractivity contribution >= 4 is 16.8 Å². The summed E-state index contributed by atoms with van der Waals surface area (Å²) < 4.78 is 1.85. The summed E-state index contributed by atoms with van der Waals surface area (Å²) >= 11 is 0. The second kappa shape index (κ2) is 8.42. The van der Waals surface area contributed by atoms with Crippen molar-refractivity contribution in [1.29, 1.82) is 0 Å². The monoisotopic (exact) mass is 373 g/mol. The van der Waals surface area contributed by atoms with Crippen molar-refractivity contribution in [1.82, 2.24) is 15.1 Å². The van der Waals surface area contributed by atoms with Gasteiger partial charge in [-0.3, -0.25) is 9.48 Å². The number of benzene rings is 2. The average molecular weight is 374 g/mol. The average Bonchev–Trinajstić information content (AvgIpc) is 3.14. The summed E-state index contributed by atoms with van der Waals surface area (Å²) in [7, 11) is 0. The summed E-state index contributed by atoms with van der Waals surface area (Å²) in [5, 5.41) is 8.99. The number of carbonyl (C=O) groups is 1. The van der Waals surface area contributed by atoms with E-state index in [1.54, 1.807) is 0 Å². The predicted molar refractivity (Wildman–Crippen MR) is 114 cm³/mol. The van der Waals surface area contributed by atoms with Crippen LogP contribution < -0.4 is 5.32 Å². The van der Waals surface area contributed by atoms with Crippen LogP contribution in [0.15, 0.2) is 66.2 Å². The molecule has 1 aliphatic carbocycles. The number of amides is 1. The third-order valence-corrected chi connectivity index (χ3v) is 5.54. The van der Waals surface area contributed by atoms with Gasteiger partial charge in [0.05, 0.1) is 5.52 Å². The van der Waals surface area contributed by atoms with E-state index < -0.39 is 0 Å². The van der Waals surface area contributed by atoms with Crippen LogP contribution >= 0.6 is 0 Å². The maximum Gasteiger partial charge on any atom is 0.244 e. The smallest absolute Gasteiger partial charge is 0.244 e. The van der Waals surface area contributed by atoms with Crippen LogP contribution in [-0.4, -0.2) is 22.2 Å². The van der Waals surface area contributed by atoms with Gasteiger partial charge >= 0.3 is 0 Å². The first-order chi connectivity index (χ1) is 13.7. The molecular weight excluding hydrogens is 346 g/mol. The second-order valence-electron chi connectivity index (χ2n) is 7.50. The molecule has 1 aromatic heterocycles. The first-order valence-electron chi connectivity index (χ1n) is 10.2. The van der Waals surface area contributed by atoms with E-state index in [1.807, 2.05) is 48.0 Å². The van der Waals surface area contributed by atoms with E-state index in [4.69, 9.17) is 5.10 Å². The number of aromatic nitrogens is 2. The zero-order valence-electron chi connectivity index (χ0n) is 16.4. The number of hydrogen-bond acceptors (Lipinski definition) is 2. The highest BCUT2D eigenvalue weighted by atomic mass is 16.2. The largest absolute Gasteiger partial charge is 0.354 e. The molecule has 0 aliphatic heterocycles. The summed E-state index contributed by atoms with van der Waals surface area (Å²) in [6.07, 6.45) is 8.22. The van der Waals surface area contributed by atoms with Crippen molar-refractivity contribution in [3.05, 3.63) is 66.2 Å². The van der Waals surface area contributed by atoms with Crippen molar-refractivity contribution < 1.29 is 4.79 Å². The third kappa shape index (κ3) is 3.86. The molecule has 144 valence electrons. The highest BCUT2D eigenvalue weighted by Gasteiger charge is 2.20. The van der Waals surface area contributed by atoms with E-state index >= 15 is 0 Å². The van der Waals surface area contributed by atoms with E-state index in [-0.39, 0.29) is 11.9 Å². The summed E-state index contributed by atoms with van der Waals surface area (Å²) in [6.45, 7) is 2.61. The minimum absolute atomic E-state index is 0.0178. The highest BCUT2D eigenvalue weighted by Crippen LogP contribution is 2.29. The van der Waals surface area contributed by atoms with Crippen LogP contribution in [0.3, 0.4) is 0 Å². The number of hydrogen-bond donors (Lipinski definition) is 1. The summed E-state index contributed by atoms with van der Waals surface area (Å²) in [5.74, 6) is 0.0178. The van der Waals surface area contributed by atoms with Crippen LogP contribution in [0.5, 0.6) is 0 Å². The van der Waals surface area contributed by atoms with E-state index in [1.165, 1.54) is 31.3 Å². The number of nitrogens with one attached hydrogen (secondary N) is 1. The van der Waals surface area contributed by atoms with Gasteiger partial charge in [-0.15, -0.1) is 0 Å². The molecule has 0 bridgehead atoms. The normalized spacial score (nSPS) is 15.2. The lowest BCUT2D eigenvalue weighted by molar-refractivity contribution is -0.124. The molecule has 0 radical (unpaired) electrons. The van der Waals surface area contributed by atoms with Crippen LogP contribution in [0.1, 0.15) is 45.1 Å². The van der Waals surface area contributed by atoms with E-state index in [0.717, 1.165) is 28.6 Å². The van der Waals surface area contributed by atoms with E-state index in [9.17, 15) is 4.79 Å². The molecule has 0 saturated heterocycles. The lowest BCUT2D eigenvalue weighted by atomic mass is 9.97. The van der Waals surface area contributed by atoms with Gasteiger partial charge in [-0.25, -0.2) is 0 Å². The number of fused-ring (bicyclic) bond motifs is 1. The van der Waals surface area contributed by atoms with Gasteiger partial charge in [0.2, 0.25) is 5.91 Å². The maximum atomic E-state index is 12.8. The maximum absolute atomic E-state index is 12.8. The van der Waals surface area contributed by atoms with E-state index in [0.29, 0.717) is 6.54 Å². The van der Waals surface area contributed by atoms with Gasteiger partial charge in [0.25, 0.3) is 0 Å². The predicted octanol–water partition coefficient (Wildman–Crippen LogP) is 5.27. The molecule has 0 fully saturated rings. The summed E-state index contributed by atoms with van der Waals surface area (Å²) in [4.78, 5) is 12.8. The number of nitrogens with zero attached hydrogens (tertiary/aromatic N) is 2. The van der Waals surface area contributed by atoms with Crippen LogP contribution in [0.4, 0.5) is 0 Å². The summed E-state index contributed by atoms with van der Waals surface area (Å²) in [5.41, 5.74) is 4.45. The molecule has 1 atom stereocenters. The van der Waals surface area contributed by atoms with Crippen LogP contribution in [0.2, 0.25) is 0 Å². The topological polar surface area (TPSA) is 46.9 Å². The molecule has 1 heterocycles. The fraction of sp³-hybridized carbons (Fsp3) is 0.333. The van der Waals surface area contributed by atoms with Gasteiger partial charge in [0, 0.05) is 17.5 Å². The first kappa shape index (κ1) is 18.5. The Morgan fingerprint density at radius 2 is 1.89 bits per heavy atom. The second-order valence-corrected chi connectivity index (χ2v) is 7.50. The standard InChI is InChI=1S/C24H27N3O/c1-18(24(28)25-17-16-19-10-4-2-5-11-19)27-22-15-9-8-14-21(22)23(26-27)20-12-6-3-7-13-20/h3,6-10,12-15,18H,2,4-5,11,16-17H2,1H3,(H,25,28)/t18-/m0/s1. The molecule has 4 heteroatoms. The molecule has 1 amide bonds. The van der Waals surface area contributed by atoms with Crippen molar-refractivity contribution in [3.63, 3.8) is 0 Å². The van der Waals surface area contributed by atoms with Gasteiger partial charge in [-0.2, -0.15) is 5.10 Å². The lowest BCUT2D eigenvalue weighted by Crippen LogP contribution is -2.32. The molecule has 0 unspecified atom stereocenters. The van der Waals surface area contributed by atoms with Crippen molar-refractivity contribution in [2.45, 2.75) is 45.1 Å². The Hall–Kier alpha value is -2.88. The van der Waals surface area contributed by atoms with Gasteiger partial charge in [0.1, 0.15) is 11.7 Å². The van der Waals surface area contributed by atoms with Gasteiger partial charge in [-0.1, -0.05) is 60.2 Å². The van der Waals surface area contributed by atoms with Gasteiger partial charge in [-0.05, 0) is 45.1 Å². The Labute approximate surface area is 166 Å². The highest BCUT2D eigenvalue weighted by molar-refractivity contribution is 5.94. The zero-order chi connectivity index (χ0) is 19.3. The minimum atomic E-state index is -0.359. The Kier molecular flexibility index (Phi) is 5.56. The quantitative estimate of drug-likeness (QED) is 0.598. The summed E-state index contributed by atoms with van der Waals surface area (Å²) in [6, 6.07) is 17.9. The Morgan fingerprint density at radius 1 is 1.11 bits per heavy atom. The Bertz CT molecular complexity index is 988. The molecule has 1 aliphatic rings. The molecule has 1 N–H and O–H groups in total. The Balaban J connectivity index is 1.53. The van der Waals surface area contributed by atoms with Crippen molar-refractivity contribution in [2.75, 3.05) is 6.54 Å². The van der Waals surface area contributed by atoms with Crippen molar-refractivity contribution in [2.24, 2.45) is 0 Å². The van der Waals surface area contributed by atoms with Gasteiger partial charge < -0.3 is 5.32 Å². The number of para-hydroxylation sites is 1. The van der Waals surface area contributed by atoms with Crippen LogP contribution in [0, 0.1) is 0 Å². The molecule has 0 spiro atoms. The molecule has 4 nitrogen and oxygen atoms in total. The molecule has 3 aromatic rings. The minimum Gasteiger partial charge on any atom is -0.354 e. The van der Waals surface area contributed by atoms with Crippen LogP contribution in [0.25, 0.3) is 22.2 Å². The molecular formula is C24H27N3O. The van der Waals surface area contributed by atoms with E-state index in [2.05, 4.69) is 29.6 Å². The Morgan fingerprint density at radius 3 is 2.68 bits per heavy atom. The SMILES string of the molecule is C[C@@H](C(=O)NCCC1=CCCCC1)n1nc(-c2ccccc2)c2ccccc21. The first-order valence-corrected chi connectivity index (χ1v) is 10.2. The number of carbonyl (C=O) groups excluding carboxylic acids is 1. The molecule has 2 aromatic carbocycles. The zero-order valence-corrected chi connectivity index (χ0v) is 16.4. The lowest BCUT2D eigenvalue weighted by Gasteiger charge is -2.16. The fourth-order valence-corrected chi connectivity index (χ4v) is 3.93. The van der Waals surface area contributed by atoms with Crippen molar-refractivity contribution in [3.8, 4) is 11.3 Å².